The van der Waals surface area contributed by atoms with E-state index in [9.17, 15) is 9.59 Å². The summed E-state index contributed by atoms with van der Waals surface area (Å²) in [7, 11) is 0. The fourth-order valence-electron chi connectivity index (χ4n) is 2.77. The van der Waals surface area contributed by atoms with E-state index in [2.05, 4.69) is 10.4 Å². The van der Waals surface area contributed by atoms with Gasteiger partial charge in [0.05, 0.1) is 12.2 Å². The second-order valence-electron chi connectivity index (χ2n) is 6.46. The lowest BCUT2D eigenvalue weighted by molar-refractivity contribution is -0.121. The SMILES string of the molecule is CC(CC(=O)NCCn1nc(C2CC2)ccc1=O)c1ccccc1. The van der Waals surface area contributed by atoms with Crippen LogP contribution in [0.5, 0.6) is 0 Å². The van der Waals surface area contributed by atoms with Crippen molar-refractivity contribution >= 4 is 5.91 Å². The third kappa shape index (κ3) is 4.31. The fraction of sp³-hybridized carbons (Fsp3) is 0.421. The minimum Gasteiger partial charge on any atom is -0.354 e. The monoisotopic (exact) mass is 325 g/mol. The van der Waals surface area contributed by atoms with Crippen LogP contribution in [-0.2, 0) is 11.3 Å². The fourth-order valence-corrected chi connectivity index (χ4v) is 2.77. The highest BCUT2D eigenvalue weighted by Crippen LogP contribution is 2.38. The molecule has 0 aliphatic heterocycles. The number of aromatic nitrogens is 2. The van der Waals surface area contributed by atoms with Gasteiger partial charge in [0.1, 0.15) is 0 Å². The van der Waals surface area contributed by atoms with E-state index in [1.165, 1.54) is 4.68 Å². The van der Waals surface area contributed by atoms with Crippen molar-refractivity contribution < 1.29 is 4.79 Å². The average molecular weight is 325 g/mol. The minimum atomic E-state index is -0.119. The third-order valence-corrected chi connectivity index (χ3v) is 4.39. The van der Waals surface area contributed by atoms with Crippen LogP contribution in [0.1, 0.15) is 49.3 Å². The first kappa shape index (κ1) is 16.4. The Morgan fingerprint density at radius 1 is 1.25 bits per heavy atom. The Morgan fingerprint density at radius 3 is 2.71 bits per heavy atom. The molecule has 3 rings (SSSR count). The van der Waals surface area contributed by atoms with Gasteiger partial charge in [-0.2, -0.15) is 5.10 Å². The van der Waals surface area contributed by atoms with E-state index < -0.39 is 0 Å². The number of hydrogen-bond donors (Lipinski definition) is 1. The number of nitrogens with one attached hydrogen (secondary N) is 1. The van der Waals surface area contributed by atoms with Gasteiger partial charge in [0.25, 0.3) is 5.56 Å². The van der Waals surface area contributed by atoms with Gasteiger partial charge in [-0.3, -0.25) is 9.59 Å². The highest BCUT2D eigenvalue weighted by molar-refractivity contribution is 5.76. The van der Waals surface area contributed by atoms with Crippen molar-refractivity contribution in [1.82, 2.24) is 15.1 Å². The molecule has 1 aliphatic carbocycles. The predicted octanol–water partition coefficient (Wildman–Crippen LogP) is 2.43. The topological polar surface area (TPSA) is 64.0 Å². The van der Waals surface area contributed by atoms with Gasteiger partial charge < -0.3 is 5.32 Å². The van der Waals surface area contributed by atoms with Crippen molar-refractivity contribution in [2.24, 2.45) is 0 Å². The lowest BCUT2D eigenvalue weighted by Gasteiger charge is -2.12. The molecule has 0 bridgehead atoms. The van der Waals surface area contributed by atoms with E-state index in [-0.39, 0.29) is 17.4 Å². The summed E-state index contributed by atoms with van der Waals surface area (Å²) in [6.07, 6.45) is 2.74. The second kappa shape index (κ2) is 7.43. The molecule has 1 aromatic carbocycles. The first-order valence-corrected chi connectivity index (χ1v) is 8.53. The maximum atomic E-state index is 12.1. The summed E-state index contributed by atoms with van der Waals surface area (Å²) in [5.41, 5.74) is 2.02. The Hall–Kier alpha value is -2.43. The van der Waals surface area contributed by atoms with Crippen LogP contribution in [0.4, 0.5) is 0 Å². The first-order chi connectivity index (χ1) is 11.6. The van der Waals surface area contributed by atoms with Gasteiger partial charge in [0.2, 0.25) is 5.91 Å². The molecule has 0 saturated heterocycles. The van der Waals surface area contributed by atoms with E-state index in [1.54, 1.807) is 6.07 Å². The summed E-state index contributed by atoms with van der Waals surface area (Å²) in [6.45, 7) is 2.87. The van der Waals surface area contributed by atoms with Gasteiger partial charge in [-0.25, -0.2) is 4.68 Å². The summed E-state index contributed by atoms with van der Waals surface area (Å²) in [4.78, 5) is 23.9. The zero-order chi connectivity index (χ0) is 16.9. The number of hydrogen-bond acceptors (Lipinski definition) is 3. The normalized spacial score (nSPS) is 15.0. The smallest absolute Gasteiger partial charge is 0.266 e. The maximum Gasteiger partial charge on any atom is 0.266 e. The van der Waals surface area contributed by atoms with Crippen molar-refractivity contribution in [3.8, 4) is 0 Å². The minimum absolute atomic E-state index is 0.00208. The van der Waals surface area contributed by atoms with E-state index in [4.69, 9.17) is 0 Å². The second-order valence-corrected chi connectivity index (χ2v) is 6.46. The van der Waals surface area contributed by atoms with E-state index in [0.29, 0.717) is 25.4 Å². The highest BCUT2D eigenvalue weighted by Gasteiger charge is 2.25. The highest BCUT2D eigenvalue weighted by atomic mass is 16.1. The molecule has 5 nitrogen and oxygen atoms in total. The number of benzene rings is 1. The molecule has 1 N–H and O–H groups in total. The Balaban J connectivity index is 1.48. The molecular weight excluding hydrogens is 302 g/mol. The summed E-state index contributed by atoms with van der Waals surface area (Å²) in [5, 5.41) is 7.28. The van der Waals surface area contributed by atoms with Crippen LogP contribution < -0.4 is 10.9 Å². The molecular formula is C19H23N3O2. The van der Waals surface area contributed by atoms with Crippen LogP contribution >= 0.6 is 0 Å². The van der Waals surface area contributed by atoms with Gasteiger partial charge in [-0.05, 0) is 30.4 Å². The molecule has 1 unspecified atom stereocenters. The molecule has 1 saturated carbocycles. The van der Waals surface area contributed by atoms with Crippen LogP contribution in [-0.4, -0.2) is 22.2 Å². The van der Waals surface area contributed by atoms with Crippen LogP contribution in [0.15, 0.2) is 47.3 Å². The van der Waals surface area contributed by atoms with Crippen LogP contribution in [0.25, 0.3) is 0 Å². The molecule has 5 heteroatoms. The van der Waals surface area contributed by atoms with E-state index in [1.807, 2.05) is 43.3 Å². The predicted molar refractivity (Wildman–Crippen MR) is 93.0 cm³/mol. The lowest BCUT2D eigenvalue weighted by atomic mass is 9.98. The van der Waals surface area contributed by atoms with Gasteiger partial charge >= 0.3 is 0 Å². The van der Waals surface area contributed by atoms with Gasteiger partial charge in [0, 0.05) is 24.9 Å². The molecule has 2 aromatic rings. The van der Waals surface area contributed by atoms with Crippen LogP contribution in [0.3, 0.4) is 0 Å². The van der Waals surface area contributed by atoms with Crippen molar-refractivity contribution in [3.05, 3.63) is 64.1 Å². The maximum absolute atomic E-state index is 12.1. The Labute approximate surface area is 141 Å². The molecule has 1 amide bonds. The van der Waals surface area contributed by atoms with E-state index in [0.717, 1.165) is 24.1 Å². The number of amides is 1. The Bertz CT molecular complexity index is 751. The molecule has 24 heavy (non-hydrogen) atoms. The lowest BCUT2D eigenvalue weighted by Crippen LogP contribution is -2.32. The van der Waals surface area contributed by atoms with Crippen molar-refractivity contribution in [2.75, 3.05) is 6.54 Å². The number of rotatable bonds is 7. The van der Waals surface area contributed by atoms with Gasteiger partial charge in [0.15, 0.2) is 0 Å². The zero-order valence-corrected chi connectivity index (χ0v) is 13.9. The summed E-state index contributed by atoms with van der Waals surface area (Å²) < 4.78 is 1.45. The molecule has 1 heterocycles. The average Bonchev–Trinajstić information content (AvgIpc) is 3.42. The zero-order valence-electron chi connectivity index (χ0n) is 13.9. The largest absolute Gasteiger partial charge is 0.354 e. The van der Waals surface area contributed by atoms with Gasteiger partial charge in [-0.1, -0.05) is 37.3 Å². The third-order valence-electron chi connectivity index (χ3n) is 4.39. The molecule has 1 aromatic heterocycles. The molecule has 1 fully saturated rings. The number of carbonyl (C=O) groups excluding carboxylic acids is 1. The standard InChI is InChI=1S/C19H23N3O2/c1-14(15-5-3-2-4-6-15)13-18(23)20-11-12-22-19(24)10-9-17(21-22)16-7-8-16/h2-6,9-10,14,16H,7-8,11-13H2,1H3,(H,20,23). The van der Waals surface area contributed by atoms with Crippen molar-refractivity contribution in [2.45, 2.75) is 44.6 Å². The van der Waals surface area contributed by atoms with E-state index >= 15 is 0 Å². The number of carbonyl (C=O) groups is 1. The summed E-state index contributed by atoms with van der Waals surface area (Å²) in [5.74, 6) is 0.682. The van der Waals surface area contributed by atoms with Crippen molar-refractivity contribution in [1.29, 1.82) is 0 Å². The first-order valence-electron chi connectivity index (χ1n) is 8.53. The Morgan fingerprint density at radius 2 is 2.00 bits per heavy atom. The quantitative estimate of drug-likeness (QED) is 0.850. The molecule has 1 atom stereocenters. The Kier molecular flexibility index (Phi) is 5.08. The van der Waals surface area contributed by atoms with Crippen LogP contribution in [0.2, 0.25) is 0 Å². The van der Waals surface area contributed by atoms with Crippen molar-refractivity contribution in [3.63, 3.8) is 0 Å². The summed E-state index contributed by atoms with van der Waals surface area (Å²) >= 11 is 0. The number of nitrogens with zero attached hydrogens (tertiary/aromatic N) is 2. The molecule has 1 aliphatic rings. The molecule has 0 radical (unpaired) electrons. The van der Waals surface area contributed by atoms with Gasteiger partial charge in [-0.15, -0.1) is 0 Å². The van der Waals surface area contributed by atoms with Crippen LogP contribution in [0, 0.1) is 0 Å². The summed E-state index contributed by atoms with van der Waals surface area (Å²) in [6, 6.07) is 13.4. The molecule has 126 valence electrons. The molecule has 0 spiro atoms.